The van der Waals surface area contributed by atoms with Gasteiger partial charge in [-0.2, -0.15) is 0 Å². The summed E-state index contributed by atoms with van der Waals surface area (Å²) in [6, 6.07) is 8.65. The topological polar surface area (TPSA) is 54.9 Å². The van der Waals surface area contributed by atoms with E-state index in [-0.39, 0.29) is 11.8 Å². The number of carbonyl (C=O) groups excluding carboxylic acids is 1. The largest absolute Gasteiger partial charge is 0.321 e. The van der Waals surface area contributed by atoms with E-state index < -0.39 is 0 Å². The Kier molecular flexibility index (Phi) is 10.6. The third-order valence-electron chi connectivity index (χ3n) is 6.71. The molecule has 3 rings (SSSR count). The van der Waals surface area contributed by atoms with Crippen molar-refractivity contribution in [3.63, 3.8) is 0 Å². The number of unbranched alkanes of at least 4 members (excludes halogenated alkanes) is 6. The van der Waals surface area contributed by atoms with Crippen LogP contribution in [0.4, 0.5) is 5.69 Å². The number of benzene rings is 1. The van der Waals surface area contributed by atoms with Crippen LogP contribution in [0.25, 0.3) is 0 Å². The molecule has 0 saturated carbocycles. The zero-order valence-corrected chi connectivity index (χ0v) is 22.3. The molecular formula is C27H39N3OS2. The SMILES string of the molecule is CCCCCCCCC[C@H]1Cc2ccccc2C[C@@H]1C(=O)Nc1c(SC)nc(C)nc1SC. The van der Waals surface area contributed by atoms with Gasteiger partial charge >= 0.3 is 0 Å². The average Bonchev–Trinajstić information content (AvgIpc) is 2.83. The summed E-state index contributed by atoms with van der Waals surface area (Å²) in [4.78, 5) is 22.8. The smallest absolute Gasteiger partial charge is 0.228 e. The maximum atomic E-state index is 13.6. The summed E-state index contributed by atoms with van der Waals surface area (Å²) in [5, 5.41) is 4.95. The molecule has 1 aromatic carbocycles. The molecule has 1 aliphatic carbocycles. The number of fused-ring (bicyclic) bond motifs is 1. The lowest BCUT2D eigenvalue weighted by atomic mass is 9.73. The Hall–Kier alpha value is -1.53. The molecular weight excluding hydrogens is 446 g/mol. The van der Waals surface area contributed by atoms with Crippen molar-refractivity contribution in [2.24, 2.45) is 11.8 Å². The highest BCUT2D eigenvalue weighted by molar-refractivity contribution is 7.99. The van der Waals surface area contributed by atoms with Gasteiger partial charge in [-0.05, 0) is 55.7 Å². The van der Waals surface area contributed by atoms with Gasteiger partial charge in [-0.15, -0.1) is 23.5 Å². The summed E-state index contributed by atoms with van der Waals surface area (Å²) in [6.07, 6.45) is 16.1. The zero-order chi connectivity index (χ0) is 23.6. The summed E-state index contributed by atoms with van der Waals surface area (Å²) in [5.74, 6) is 1.24. The van der Waals surface area contributed by atoms with Crippen LogP contribution >= 0.6 is 23.5 Å². The minimum Gasteiger partial charge on any atom is -0.321 e. The van der Waals surface area contributed by atoms with Crippen LogP contribution in [-0.4, -0.2) is 28.4 Å². The lowest BCUT2D eigenvalue weighted by Gasteiger charge is -2.32. The standard InChI is InChI=1S/C27H39N3OS2/c1-5-6-7-8-9-10-11-16-22-17-20-14-12-13-15-21(20)18-23(22)25(31)30-24-26(32-3)28-19(2)29-27(24)33-4/h12-15,22-23H,5-11,16-18H2,1-4H3,(H,30,31)/t22-,23-/m0/s1. The van der Waals surface area contributed by atoms with E-state index in [1.807, 2.05) is 19.4 Å². The second kappa shape index (κ2) is 13.4. The maximum absolute atomic E-state index is 13.6. The molecule has 0 spiro atoms. The number of amides is 1. The normalized spacial score (nSPS) is 17.6. The fraction of sp³-hybridized carbons (Fsp3) is 0.593. The number of aromatic nitrogens is 2. The minimum atomic E-state index is -0.00860. The highest BCUT2D eigenvalue weighted by Gasteiger charge is 2.34. The maximum Gasteiger partial charge on any atom is 0.228 e. The Morgan fingerprint density at radius 1 is 0.939 bits per heavy atom. The second-order valence-corrected chi connectivity index (χ2v) is 10.7. The Labute approximate surface area is 208 Å². The van der Waals surface area contributed by atoms with Crippen LogP contribution in [0.2, 0.25) is 0 Å². The fourth-order valence-corrected chi connectivity index (χ4v) is 6.11. The molecule has 1 aromatic heterocycles. The summed E-state index contributed by atoms with van der Waals surface area (Å²) >= 11 is 3.13. The quantitative estimate of drug-likeness (QED) is 0.194. The number of aryl methyl sites for hydroxylation is 1. The van der Waals surface area contributed by atoms with Crippen LogP contribution < -0.4 is 5.32 Å². The summed E-state index contributed by atoms with van der Waals surface area (Å²) in [5.41, 5.74) is 3.52. The Morgan fingerprint density at radius 2 is 1.52 bits per heavy atom. The van der Waals surface area contributed by atoms with Gasteiger partial charge in [0.25, 0.3) is 0 Å². The second-order valence-electron chi connectivity index (χ2n) is 9.11. The molecule has 1 heterocycles. The Balaban J connectivity index is 1.72. The van der Waals surface area contributed by atoms with Gasteiger partial charge in [-0.25, -0.2) is 9.97 Å². The van der Waals surface area contributed by atoms with E-state index in [0.717, 1.165) is 40.8 Å². The van der Waals surface area contributed by atoms with E-state index >= 15 is 0 Å². The molecule has 2 aromatic rings. The summed E-state index contributed by atoms with van der Waals surface area (Å²) in [7, 11) is 0. The molecule has 2 atom stereocenters. The lowest BCUT2D eigenvalue weighted by molar-refractivity contribution is -0.121. The van der Waals surface area contributed by atoms with Crippen LogP contribution in [0.3, 0.4) is 0 Å². The highest BCUT2D eigenvalue weighted by Crippen LogP contribution is 2.37. The van der Waals surface area contributed by atoms with E-state index in [4.69, 9.17) is 0 Å². The molecule has 0 bridgehead atoms. The predicted octanol–water partition coefficient (Wildman–Crippen LogP) is 7.34. The first-order valence-electron chi connectivity index (χ1n) is 12.4. The molecule has 0 saturated heterocycles. The Morgan fingerprint density at radius 3 is 2.12 bits per heavy atom. The van der Waals surface area contributed by atoms with Gasteiger partial charge in [0.05, 0.1) is 0 Å². The minimum absolute atomic E-state index is 0.00860. The first-order valence-corrected chi connectivity index (χ1v) is 14.9. The highest BCUT2D eigenvalue weighted by atomic mass is 32.2. The molecule has 33 heavy (non-hydrogen) atoms. The molecule has 0 aliphatic heterocycles. The van der Waals surface area contributed by atoms with Crippen LogP contribution in [0, 0.1) is 18.8 Å². The first-order chi connectivity index (χ1) is 16.1. The van der Waals surface area contributed by atoms with Crippen LogP contribution in [0.15, 0.2) is 34.3 Å². The molecule has 4 nitrogen and oxygen atoms in total. The van der Waals surface area contributed by atoms with Gasteiger partial charge in [-0.3, -0.25) is 4.79 Å². The van der Waals surface area contributed by atoms with Gasteiger partial charge in [0.1, 0.15) is 21.6 Å². The number of thioether (sulfide) groups is 2. The van der Waals surface area contributed by atoms with E-state index in [1.165, 1.54) is 56.1 Å². The van der Waals surface area contributed by atoms with Crippen molar-refractivity contribution < 1.29 is 4.79 Å². The number of rotatable bonds is 12. The molecule has 0 fully saturated rings. The van der Waals surface area contributed by atoms with E-state index in [1.54, 1.807) is 23.5 Å². The monoisotopic (exact) mass is 485 g/mol. The Bertz CT molecular complexity index is 893. The van der Waals surface area contributed by atoms with Crippen molar-refractivity contribution in [2.45, 2.75) is 88.1 Å². The average molecular weight is 486 g/mol. The molecule has 1 amide bonds. The van der Waals surface area contributed by atoms with Crippen LogP contribution in [0.1, 0.15) is 75.2 Å². The number of nitrogens with zero attached hydrogens (tertiary/aromatic N) is 2. The van der Waals surface area contributed by atoms with Crippen molar-refractivity contribution in [1.29, 1.82) is 0 Å². The number of hydrogen-bond donors (Lipinski definition) is 1. The van der Waals surface area contributed by atoms with Crippen molar-refractivity contribution in [1.82, 2.24) is 9.97 Å². The van der Waals surface area contributed by atoms with E-state index in [9.17, 15) is 4.79 Å². The first kappa shape index (κ1) is 26.1. The summed E-state index contributed by atoms with van der Waals surface area (Å²) < 4.78 is 0. The number of anilines is 1. The fourth-order valence-electron chi connectivity index (χ4n) is 4.90. The number of hydrogen-bond acceptors (Lipinski definition) is 5. The zero-order valence-electron chi connectivity index (χ0n) is 20.7. The lowest BCUT2D eigenvalue weighted by Crippen LogP contribution is -2.36. The van der Waals surface area contributed by atoms with Gasteiger partial charge in [0.2, 0.25) is 5.91 Å². The predicted molar refractivity (Wildman–Crippen MR) is 142 cm³/mol. The van der Waals surface area contributed by atoms with Crippen molar-refractivity contribution in [3.8, 4) is 0 Å². The van der Waals surface area contributed by atoms with Gasteiger partial charge < -0.3 is 5.32 Å². The van der Waals surface area contributed by atoms with Crippen LogP contribution in [-0.2, 0) is 17.6 Å². The molecule has 1 aliphatic rings. The van der Waals surface area contributed by atoms with Gasteiger partial charge in [0, 0.05) is 5.92 Å². The third kappa shape index (κ3) is 7.22. The van der Waals surface area contributed by atoms with Crippen molar-refractivity contribution in [3.05, 3.63) is 41.2 Å². The van der Waals surface area contributed by atoms with E-state index in [0.29, 0.717) is 5.92 Å². The molecule has 0 radical (unpaired) electrons. The number of carbonyl (C=O) groups is 1. The molecule has 180 valence electrons. The molecule has 1 N–H and O–H groups in total. The van der Waals surface area contributed by atoms with Crippen molar-refractivity contribution in [2.75, 3.05) is 17.8 Å². The van der Waals surface area contributed by atoms with Gasteiger partial charge in [0.15, 0.2) is 0 Å². The van der Waals surface area contributed by atoms with Crippen LogP contribution in [0.5, 0.6) is 0 Å². The van der Waals surface area contributed by atoms with Gasteiger partial charge in [-0.1, -0.05) is 76.1 Å². The number of nitrogens with one attached hydrogen (secondary N) is 1. The molecule has 6 heteroatoms. The third-order valence-corrected chi connectivity index (χ3v) is 8.08. The van der Waals surface area contributed by atoms with Crippen molar-refractivity contribution >= 4 is 35.1 Å². The van der Waals surface area contributed by atoms with E-state index in [2.05, 4.69) is 46.5 Å². The molecule has 0 unspecified atom stereocenters. The summed E-state index contributed by atoms with van der Waals surface area (Å²) in [6.45, 7) is 4.17.